The van der Waals surface area contributed by atoms with Crippen LogP contribution >= 0.6 is 0 Å². The van der Waals surface area contributed by atoms with Crippen LogP contribution in [0.1, 0.15) is 15.9 Å². The van der Waals surface area contributed by atoms with E-state index in [0.29, 0.717) is 16.7 Å². The highest BCUT2D eigenvalue weighted by atomic mass is 19.1. The van der Waals surface area contributed by atoms with E-state index < -0.39 is 17.5 Å². The summed E-state index contributed by atoms with van der Waals surface area (Å²) in [4.78, 5) is 11.0. The Morgan fingerprint density at radius 3 is 2.56 bits per heavy atom. The lowest BCUT2D eigenvalue weighted by molar-refractivity contribution is 0.0696. The molecule has 2 rings (SSSR count). The van der Waals surface area contributed by atoms with Crippen molar-refractivity contribution < 1.29 is 19.4 Å². The van der Waals surface area contributed by atoms with Gasteiger partial charge in [0.05, 0.1) is 5.56 Å². The number of benzene rings is 2. The number of aromatic carboxylic acids is 1. The third kappa shape index (κ3) is 2.05. The molecule has 0 fully saturated rings. The van der Waals surface area contributed by atoms with Crippen molar-refractivity contribution in [1.82, 2.24) is 0 Å². The van der Waals surface area contributed by atoms with Crippen LogP contribution in [-0.4, -0.2) is 16.2 Å². The topological polar surface area (TPSA) is 57.5 Å². The second-order valence-corrected chi connectivity index (χ2v) is 3.95. The van der Waals surface area contributed by atoms with E-state index >= 15 is 0 Å². The zero-order valence-corrected chi connectivity index (χ0v) is 9.64. The number of aromatic hydroxyl groups is 1. The smallest absolute Gasteiger partial charge is 0.335 e. The molecular formula is C14H11FO3. The number of hydrogen-bond acceptors (Lipinski definition) is 2. The van der Waals surface area contributed by atoms with Gasteiger partial charge >= 0.3 is 5.97 Å². The van der Waals surface area contributed by atoms with Gasteiger partial charge in [0.25, 0.3) is 0 Å². The Kier molecular flexibility index (Phi) is 3.02. The monoisotopic (exact) mass is 246 g/mol. The Hall–Kier alpha value is -2.36. The molecule has 0 aliphatic heterocycles. The summed E-state index contributed by atoms with van der Waals surface area (Å²) in [5, 5.41) is 18.4. The molecule has 0 saturated carbocycles. The van der Waals surface area contributed by atoms with Crippen molar-refractivity contribution in [2.24, 2.45) is 0 Å². The fourth-order valence-corrected chi connectivity index (χ4v) is 1.86. The number of halogens is 1. The Balaban J connectivity index is 2.60. The normalized spacial score (nSPS) is 10.3. The Morgan fingerprint density at radius 2 is 1.94 bits per heavy atom. The van der Waals surface area contributed by atoms with Crippen molar-refractivity contribution in [3.63, 3.8) is 0 Å². The van der Waals surface area contributed by atoms with E-state index in [1.807, 2.05) is 0 Å². The Labute approximate surface area is 103 Å². The molecule has 0 saturated heterocycles. The molecule has 3 nitrogen and oxygen atoms in total. The third-order valence-corrected chi connectivity index (χ3v) is 2.82. The summed E-state index contributed by atoms with van der Waals surface area (Å²) in [6.07, 6.45) is 0. The molecule has 18 heavy (non-hydrogen) atoms. The summed E-state index contributed by atoms with van der Waals surface area (Å²) < 4.78 is 13.0. The molecule has 0 aliphatic carbocycles. The van der Waals surface area contributed by atoms with Gasteiger partial charge < -0.3 is 10.2 Å². The molecule has 0 bridgehead atoms. The Bertz CT molecular complexity index is 620. The number of rotatable bonds is 2. The summed E-state index contributed by atoms with van der Waals surface area (Å²) in [7, 11) is 0. The minimum atomic E-state index is -1.01. The average molecular weight is 246 g/mol. The van der Waals surface area contributed by atoms with Crippen molar-refractivity contribution in [3.8, 4) is 16.9 Å². The van der Waals surface area contributed by atoms with Gasteiger partial charge in [0.15, 0.2) is 11.6 Å². The second-order valence-electron chi connectivity index (χ2n) is 3.95. The molecule has 2 aromatic rings. The van der Waals surface area contributed by atoms with Crippen molar-refractivity contribution in [1.29, 1.82) is 0 Å². The average Bonchev–Trinajstić information content (AvgIpc) is 2.33. The van der Waals surface area contributed by atoms with E-state index in [1.165, 1.54) is 18.2 Å². The quantitative estimate of drug-likeness (QED) is 0.855. The highest BCUT2D eigenvalue weighted by molar-refractivity contribution is 5.92. The maximum absolute atomic E-state index is 13.0. The van der Waals surface area contributed by atoms with Gasteiger partial charge in [0, 0.05) is 0 Å². The lowest BCUT2D eigenvalue weighted by atomic mass is 9.96. The van der Waals surface area contributed by atoms with Crippen molar-refractivity contribution in [3.05, 3.63) is 53.3 Å². The number of carboxylic acid groups (broad SMARTS) is 1. The van der Waals surface area contributed by atoms with Crippen LogP contribution in [0.25, 0.3) is 11.1 Å². The predicted octanol–water partition coefficient (Wildman–Crippen LogP) is 3.20. The van der Waals surface area contributed by atoms with E-state index in [0.717, 1.165) is 6.07 Å². The van der Waals surface area contributed by atoms with E-state index in [9.17, 15) is 14.3 Å². The maximum atomic E-state index is 13.0. The first-order valence-electron chi connectivity index (χ1n) is 5.32. The first-order chi connectivity index (χ1) is 8.50. The van der Waals surface area contributed by atoms with Crippen molar-refractivity contribution >= 4 is 5.97 Å². The summed E-state index contributed by atoms with van der Waals surface area (Å²) in [6.45, 7) is 1.68. The number of phenolic OH excluding ortho intramolecular Hbond substituents is 1. The molecule has 0 spiro atoms. The van der Waals surface area contributed by atoms with Gasteiger partial charge in [0.1, 0.15) is 0 Å². The summed E-state index contributed by atoms with van der Waals surface area (Å²) >= 11 is 0. The Morgan fingerprint density at radius 1 is 1.22 bits per heavy atom. The van der Waals surface area contributed by atoms with E-state index in [1.54, 1.807) is 19.1 Å². The zero-order chi connectivity index (χ0) is 13.3. The number of carbonyl (C=O) groups is 1. The largest absolute Gasteiger partial charge is 0.505 e. The summed E-state index contributed by atoms with van der Waals surface area (Å²) in [6, 6.07) is 8.79. The SMILES string of the molecule is Cc1c(C(=O)O)cccc1-c1ccc(F)c(O)c1. The first kappa shape index (κ1) is 12.1. The highest BCUT2D eigenvalue weighted by Crippen LogP contribution is 2.29. The summed E-state index contributed by atoms with van der Waals surface area (Å²) in [5.41, 5.74) is 2.01. The van der Waals surface area contributed by atoms with Crippen molar-refractivity contribution in [2.75, 3.05) is 0 Å². The molecule has 0 aliphatic rings. The van der Waals surface area contributed by atoms with Gasteiger partial charge in [-0.2, -0.15) is 0 Å². The second kappa shape index (κ2) is 4.49. The number of hydrogen-bond donors (Lipinski definition) is 2. The lowest BCUT2D eigenvalue weighted by Crippen LogP contribution is -2.00. The van der Waals surface area contributed by atoms with Gasteiger partial charge in [-0.3, -0.25) is 0 Å². The molecule has 0 heterocycles. The van der Waals surface area contributed by atoms with Gasteiger partial charge in [-0.15, -0.1) is 0 Å². The minimum absolute atomic E-state index is 0.191. The van der Waals surface area contributed by atoms with Gasteiger partial charge in [-0.1, -0.05) is 18.2 Å². The van der Waals surface area contributed by atoms with E-state index in [4.69, 9.17) is 5.11 Å². The summed E-state index contributed by atoms with van der Waals surface area (Å²) in [5.74, 6) is -2.17. The molecule has 4 heteroatoms. The fraction of sp³-hybridized carbons (Fsp3) is 0.0714. The number of carboxylic acids is 1. The van der Waals surface area contributed by atoms with Crippen molar-refractivity contribution in [2.45, 2.75) is 6.92 Å². The molecular weight excluding hydrogens is 235 g/mol. The number of phenols is 1. The molecule has 0 unspecified atom stereocenters. The first-order valence-corrected chi connectivity index (χ1v) is 5.32. The lowest BCUT2D eigenvalue weighted by Gasteiger charge is -2.09. The molecule has 2 N–H and O–H groups in total. The molecule has 2 aromatic carbocycles. The predicted molar refractivity (Wildman–Crippen MR) is 65.2 cm³/mol. The van der Waals surface area contributed by atoms with E-state index in [2.05, 4.69) is 0 Å². The van der Waals surface area contributed by atoms with Crippen LogP contribution in [0.2, 0.25) is 0 Å². The van der Waals surface area contributed by atoms with Gasteiger partial charge in [0.2, 0.25) is 0 Å². The van der Waals surface area contributed by atoms with Crippen LogP contribution in [0.3, 0.4) is 0 Å². The van der Waals surface area contributed by atoms with Crippen LogP contribution in [0, 0.1) is 12.7 Å². The van der Waals surface area contributed by atoms with Crippen LogP contribution in [-0.2, 0) is 0 Å². The van der Waals surface area contributed by atoms with E-state index in [-0.39, 0.29) is 5.56 Å². The molecule has 0 aromatic heterocycles. The molecule has 0 amide bonds. The minimum Gasteiger partial charge on any atom is -0.505 e. The van der Waals surface area contributed by atoms with Crippen LogP contribution in [0.4, 0.5) is 4.39 Å². The fourth-order valence-electron chi connectivity index (χ4n) is 1.86. The van der Waals surface area contributed by atoms with Gasteiger partial charge in [-0.25, -0.2) is 9.18 Å². The van der Waals surface area contributed by atoms with Crippen LogP contribution in [0.5, 0.6) is 5.75 Å². The molecule has 0 radical (unpaired) electrons. The zero-order valence-electron chi connectivity index (χ0n) is 9.64. The molecule has 92 valence electrons. The molecule has 0 atom stereocenters. The van der Waals surface area contributed by atoms with Crippen LogP contribution in [0.15, 0.2) is 36.4 Å². The highest BCUT2D eigenvalue weighted by Gasteiger charge is 2.12. The van der Waals surface area contributed by atoms with Gasteiger partial charge in [-0.05, 0) is 41.8 Å². The maximum Gasteiger partial charge on any atom is 0.335 e. The van der Waals surface area contributed by atoms with Crippen LogP contribution < -0.4 is 0 Å². The third-order valence-electron chi connectivity index (χ3n) is 2.82. The standard InChI is InChI=1S/C14H11FO3/c1-8-10(3-2-4-11(8)14(17)18)9-5-6-12(15)13(16)7-9/h2-7,16H,1H3,(H,17,18).